The number of hydrogen-bond donors (Lipinski definition) is 0. The first-order valence-electron chi connectivity index (χ1n) is 16.2. The normalized spacial score (nSPS) is 11.9. The molecule has 0 saturated carbocycles. The number of ether oxygens (including phenoxy) is 3. The highest BCUT2D eigenvalue weighted by molar-refractivity contribution is 7.99. The Labute approximate surface area is 280 Å². The lowest BCUT2D eigenvalue weighted by Gasteiger charge is -2.18. The van der Waals surface area contributed by atoms with Crippen LogP contribution in [-0.4, -0.2) is 20.3 Å². The Morgan fingerprint density at radius 1 is 0.522 bits per heavy atom. The van der Waals surface area contributed by atoms with E-state index < -0.39 is 0 Å². The fraction of sp³-hybridized carbons (Fsp3) is 0.220. The van der Waals surface area contributed by atoms with Crippen LogP contribution in [0.5, 0.6) is 17.2 Å². The number of rotatable bonds is 14. The maximum Gasteiger partial charge on any atom is 0.166 e. The number of unbranched alkanes of at least 4 members (excludes halogenated alkanes) is 2. The van der Waals surface area contributed by atoms with Crippen LogP contribution in [0.1, 0.15) is 39.5 Å². The second kappa shape index (κ2) is 15.5. The van der Waals surface area contributed by atoms with Crippen LogP contribution in [0.4, 0.5) is 0 Å². The summed E-state index contributed by atoms with van der Waals surface area (Å²) in [7, 11) is 1.49. The van der Waals surface area contributed by atoms with Gasteiger partial charge in [0.1, 0.15) is 17.2 Å². The lowest BCUT2D eigenvalue weighted by molar-refractivity contribution is 0.311. The van der Waals surface area contributed by atoms with Crippen LogP contribution in [0, 0.1) is 0 Å². The second-order valence-electron chi connectivity index (χ2n) is 11.2. The molecular formula is C41H41O3S2+. The summed E-state index contributed by atoms with van der Waals surface area (Å²) in [5, 5.41) is 4.43. The van der Waals surface area contributed by atoms with Gasteiger partial charge in [-0.2, -0.15) is 0 Å². The standard InChI is InChI=1S/C41H41O3S2/c1-4-6-27-43-40-36-15-11-12-16-37(36)41(44-28-7-5-2)39-29-32(21-26-38(39)40)45-31-19-24-35(25-20-31)46(33-13-9-8-10-14-33)34-22-17-30(42-3)18-23-34/h8-26,29H,4-7,27-28H2,1-3H3/q+1. The first-order chi connectivity index (χ1) is 22.7. The summed E-state index contributed by atoms with van der Waals surface area (Å²) in [6.07, 6.45) is 4.24. The highest BCUT2D eigenvalue weighted by Gasteiger charge is 2.28. The Bertz CT molecular complexity index is 1870. The van der Waals surface area contributed by atoms with Gasteiger partial charge in [-0.15, -0.1) is 0 Å². The maximum absolute atomic E-state index is 6.53. The van der Waals surface area contributed by atoms with E-state index in [0.29, 0.717) is 13.2 Å². The van der Waals surface area contributed by atoms with Gasteiger partial charge in [0, 0.05) is 31.3 Å². The summed E-state index contributed by atoms with van der Waals surface area (Å²) >= 11 is 1.78. The molecule has 6 aromatic carbocycles. The Balaban J connectivity index is 1.35. The molecule has 0 N–H and O–H groups in total. The average molecular weight is 646 g/mol. The van der Waals surface area contributed by atoms with Crippen molar-refractivity contribution in [1.82, 2.24) is 0 Å². The average Bonchev–Trinajstić information content (AvgIpc) is 3.11. The number of methoxy groups -OCH3 is 1. The molecule has 0 aliphatic carbocycles. The Kier molecular flexibility index (Phi) is 10.7. The molecule has 0 aromatic heterocycles. The van der Waals surface area contributed by atoms with Gasteiger partial charge >= 0.3 is 0 Å². The molecule has 0 amide bonds. The van der Waals surface area contributed by atoms with Crippen molar-refractivity contribution in [1.29, 1.82) is 0 Å². The van der Waals surface area contributed by atoms with Crippen LogP contribution in [0.25, 0.3) is 21.5 Å². The van der Waals surface area contributed by atoms with Crippen LogP contribution < -0.4 is 14.2 Å². The smallest absolute Gasteiger partial charge is 0.166 e. The molecule has 6 aromatic rings. The number of benzene rings is 6. The molecule has 0 fully saturated rings. The summed E-state index contributed by atoms with van der Waals surface area (Å²) in [6.45, 7) is 5.79. The molecule has 3 nitrogen and oxygen atoms in total. The fourth-order valence-electron chi connectivity index (χ4n) is 5.55. The molecule has 0 aliphatic heterocycles. The Morgan fingerprint density at radius 2 is 1.02 bits per heavy atom. The van der Waals surface area contributed by atoms with Gasteiger partial charge in [-0.25, -0.2) is 0 Å². The first-order valence-corrected chi connectivity index (χ1v) is 18.2. The molecule has 46 heavy (non-hydrogen) atoms. The van der Waals surface area contributed by atoms with E-state index in [0.717, 1.165) is 64.5 Å². The molecule has 1 atom stereocenters. The highest BCUT2D eigenvalue weighted by atomic mass is 32.2. The van der Waals surface area contributed by atoms with E-state index in [1.165, 1.54) is 24.5 Å². The fourth-order valence-corrected chi connectivity index (χ4v) is 8.47. The molecular weight excluding hydrogens is 605 g/mol. The minimum Gasteiger partial charge on any atom is -0.497 e. The van der Waals surface area contributed by atoms with Crippen LogP contribution in [-0.2, 0) is 10.9 Å². The zero-order valence-electron chi connectivity index (χ0n) is 26.8. The van der Waals surface area contributed by atoms with Crippen LogP contribution in [0.15, 0.2) is 146 Å². The van der Waals surface area contributed by atoms with E-state index >= 15 is 0 Å². The number of hydrogen-bond acceptors (Lipinski definition) is 4. The topological polar surface area (TPSA) is 27.7 Å². The molecule has 0 saturated heterocycles. The van der Waals surface area contributed by atoms with Crippen molar-refractivity contribution in [3.63, 3.8) is 0 Å². The summed E-state index contributed by atoms with van der Waals surface area (Å²) in [5.41, 5.74) is 0. The van der Waals surface area contributed by atoms with Gasteiger partial charge in [-0.3, -0.25) is 0 Å². The molecule has 0 aliphatic rings. The Morgan fingerprint density at radius 3 is 1.61 bits per heavy atom. The monoisotopic (exact) mass is 645 g/mol. The predicted molar refractivity (Wildman–Crippen MR) is 194 cm³/mol. The lowest BCUT2D eigenvalue weighted by Crippen LogP contribution is -2.04. The van der Waals surface area contributed by atoms with E-state index in [2.05, 4.69) is 123 Å². The van der Waals surface area contributed by atoms with Crippen LogP contribution in [0.2, 0.25) is 0 Å². The van der Waals surface area contributed by atoms with Gasteiger partial charge in [0.05, 0.1) is 31.2 Å². The zero-order valence-corrected chi connectivity index (χ0v) is 28.5. The second-order valence-corrected chi connectivity index (χ2v) is 14.4. The van der Waals surface area contributed by atoms with Gasteiger partial charge in [-0.1, -0.05) is 80.9 Å². The molecule has 0 radical (unpaired) electrons. The summed E-state index contributed by atoms with van der Waals surface area (Å²) < 4.78 is 18.4. The van der Waals surface area contributed by atoms with Crippen molar-refractivity contribution in [2.24, 2.45) is 0 Å². The van der Waals surface area contributed by atoms with Gasteiger partial charge in [-0.05, 0) is 91.7 Å². The van der Waals surface area contributed by atoms with Crippen molar-refractivity contribution in [2.45, 2.75) is 64.0 Å². The largest absolute Gasteiger partial charge is 0.497 e. The maximum atomic E-state index is 6.53. The SMILES string of the molecule is CCCCOc1c2ccccc2c(OCCCC)c2cc(Sc3ccc([S+](c4ccccc4)c4ccc(OC)cc4)cc3)ccc12. The molecule has 0 spiro atoms. The van der Waals surface area contributed by atoms with Crippen molar-refractivity contribution < 1.29 is 14.2 Å². The Hall–Kier alpha value is -4.06. The van der Waals surface area contributed by atoms with E-state index in [1.807, 2.05) is 12.1 Å². The van der Waals surface area contributed by atoms with Crippen LogP contribution >= 0.6 is 11.8 Å². The highest BCUT2D eigenvalue weighted by Crippen LogP contribution is 2.45. The summed E-state index contributed by atoms with van der Waals surface area (Å²) in [5.74, 6) is 2.77. The minimum absolute atomic E-state index is 0.221. The third-order valence-corrected chi connectivity index (χ3v) is 11.2. The molecule has 234 valence electrons. The van der Waals surface area contributed by atoms with Crippen LogP contribution in [0.3, 0.4) is 0 Å². The minimum atomic E-state index is -0.221. The van der Waals surface area contributed by atoms with E-state index in [-0.39, 0.29) is 10.9 Å². The van der Waals surface area contributed by atoms with E-state index in [4.69, 9.17) is 14.2 Å². The molecule has 1 unspecified atom stereocenters. The van der Waals surface area contributed by atoms with Gasteiger partial charge in [0.2, 0.25) is 0 Å². The van der Waals surface area contributed by atoms with E-state index in [1.54, 1.807) is 18.9 Å². The lowest BCUT2D eigenvalue weighted by atomic mass is 10.0. The van der Waals surface area contributed by atoms with E-state index in [9.17, 15) is 0 Å². The van der Waals surface area contributed by atoms with Crippen molar-refractivity contribution >= 4 is 44.2 Å². The van der Waals surface area contributed by atoms with Gasteiger partial charge in [0.25, 0.3) is 0 Å². The summed E-state index contributed by atoms with van der Waals surface area (Å²) in [4.78, 5) is 6.21. The third-order valence-electron chi connectivity index (χ3n) is 7.95. The molecule has 0 bridgehead atoms. The van der Waals surface area contributed by atoms with Crippen molar-refractivity contribution in [3.8, 4) is 17.2 Å². The van der Waals surface area contributed by atoms with Gasteiger partial charge < -0.3 is 14.2 Å². The first kappa shape index (κ1) is 31.9. The molecule has 6 rings (SSSR count). The van der Waals surface area contributed by atoms with Crippen molar-refractivity contribution in [3.05, 3.63) is 121 Å². The predicted octanol–water partition coefficient (Wildman–Crippen LogP) is 11.6. The quantitative estimate of drug-likeness (QED) is 0.0669. The number of fused-ring (bicyclic) bond motifs is 2. The van der Waals surface area contributed by atoms with Crippen molar-refractivity contribution in [2.75, 3.05) is 20.3 Å². The zero-order chi connectivity index (χ0) is 31.7. The third kappa shape index (κ3) is 7.16. The molecule has 5 heteroatoms. The molecule has 0 heterocycles. The van der Waals surface area contributed by atoms with Gasteiger partial charge in [0.15, 0.2) is 14.7 Å². The summed E-state index contributed by atoms with van der Waals surface area (Å²) in [6, 6.07) is 43.4.